The molecule has 0 aromatic carbocycles. The van der Waals surface area contributed by atoms with E-state index in [1.54, 1.807) is 0 Å². The zero-order chi connectivity index (χ0) is 21.8. The SMILES string of the molecule is CC/C=C1/C(c2cnn(C(CC)CC)c2)=NC(c2cnn(C3CCCCC3)c2)=CN1C. The molecule has 0 unspecified atom stereocenters. The number of hydrogen-bond acceptors (Lipinski definition) is 4. The van der Waals surface area contributed by atoms with Crippen molar-refractivity contribution in [3.05, 3.63) is 53.9 Å². The van der Waals surface area contributed by atoms with Gasteiger partial charge in [0.2, 0.25) is 0 Å². The van der Waals surface area contributed by atoms with Crippen LogP contribution in [0.4, 0.5) is 0 Å². The van der Waals surface area contributed by atoms with Crippen LogP contribution in [0.25, 0.3) is 5.70 Å². The van der Waals surface area contributed by atoms with Crippen molar-refractivity contribution in [2.45, 2.75) is 84.2 Å². The monoisotopic (exact) mass is 420 g/mol. The summed E-state index contributed by atoms with van der Waals surface area (Å²) in [5.41, 5.74) is 5.24. The summed E-state index contributed by atoms with van der Waals surface area (Å²) in [6.07, 6.45) is 22.2. The van der Waals surface area contributed by atoms with Crippen LogP contribution in [0.5, 0.6) is 0 Å². The molecule has 6 nitrogen and oxygen atoms in total. The van der Waals surface area contributed by atoms with Gasteiger partial charge in [-0.15, -0.1) is 0 Å². The van der Waals surface area contributed by atoms with Crippen LogP contribution in [0.2, 0.25) is 0 Å². The molecule has 0 bridgehead atoms. The van der Waals surface area contributed by atoms with Crippen molar-refractivity contribution in [2.75, 3.05) is 7.05 Å². The van der Waals surface area contributed by atoms with Gasteiger partial charge in [-0.3, -0.25) is 9.36 Å². The van der Waals surface area contributed by atoms with E-state index in [0.29, 0.717) is 12.1 Å². The van der Waals surface area contributed by atoms with Gasteiger partial charge in [0.15, 0.2) is 0 Å². The molecule has 4 rings (SSSR count). The van der Waals surface area contributed by atoms with E-state index in [1.807, 2.05) is 12.4 Å². The second-order valence-electron chi connectivity index (χ2n) is 8.76. The Balaban J connectivity index is 1.67. The van der Waals surface area contributed by atoms with Gasteiger partial charge in [0, 0.05) is 36.8 Å². The van der Waals surface area contributed by atoms with E-state index in [2.05, 4.69) is 71.9 Å². The number of rotatable bonds is 7. The summed E-state index contributed by atoms with van der Waals surface area (Å²) in [5, 5.41) is 9.37. The normalized spacial score (nSPS) is 19.3. The molecule has 6 heteroatoms. The van der Waals surface area contributed by atoms with Crippen LogP contribution in [0, 0.1) is 0 Å². The summed E-state index contributed by atoms with van der Waals surface area (Å²) in [4.78, 5) is 7.30. The topological polar surface area (TPSA) is 51.2 Å². The van der Waals surface area contributed by atoms with Crippen molar-refractivity contribution in [3.8, 4) is 0 Å². The summed E-state index contributed by atoms with van der Waals surface area (Å²) < 4.78 is 4.26. The lowest BCUT2D eigenvalue weighted by molar-refractivity contribution is 0.329. The Labute approximate surface area is 186 Å². The molecule has 0 N–H and O–H groups in total. The standard InChI is InChI=1S/C25H36N6/c1-5-11-24-25(20-15-27-30(17-20)21(6-2)7-3)28-23(18-29(24)4)19-14-26-31(16-19)22-12-9-8-10-13-22/h11,14-18,21-22H,5-10,12-13H2,1-4H3/b24-11-. The van der Waals surface area contributed by atoms with Gasteiger partial charge in [-0.2, -0.15) is 10.2 Å². The zero-order valence-corrected chi connectivity index (χ0v) is 19.5. The molecule has 1 fully saturated rings. The molecule has 1 aliphatic heterocycles. The molecule has 2 aromatic rings. The minimum atomic E-state index is 0.429. The molecule has 1 saturated carbocycles. The maximum Gasteiger partial charge on any atom is 0.0974 e. The Morgan fingerprint density at radius 1 is 1.00 bits per heavy atom. The van der Waals surface area contributed by atoms with Gasteiger partial charge in [0.25, 0.3) is 0 Å². The number of nitrogens with zero attached hydrogens (tertiary/aromatic N) is 6. The van der Waals surface area contributed by atoms with E-state index in [0.717, 1.165) is 47.5 Å². The van der Waals surface area contributed by atoms with Crippen LogP contribution < -0.4 is 0 Å². The highest BCUT2D eigenvalue weighted by Gasteiger charge is 2.23. The number of aromatic nitrogens is 4. The van der Waals surface area contributed by atoms with Gasteiger partial charge in [-0.05, 0) is 32.1 Å². The third-order valence-electron chi connectivity index (χ3n) is 6.61. The Morgan fingerprint density at radius 2 is 1.74 bits per heavy atom. The molecular weight excluding hydrogens is 384 g/mol. The number of aliphatic imine (C=N–C) groups is 1. The summed E-state index contributed by atoms with van der Waals surface area (Å²) in [6, 6.07) is 0.958. The van der Waals surface area contributed by atoms with Crippen LogP contribution in [0.15, 0.2) is 47.8 Å². The summed E-state index contributed by atoms with van der Waals surface area (Å²) >= 11 is 0. The van der Waals surface area contributed by atoms with Gasteiger partial charge in [-0.25, -0.2) is 4.99 Å². The van der Waals surface area contributed by atoms with Gasteiger partial charge >= 0.3 is 0 Å². The lowest BCUT2D eigenvalue weighted by atomic mass is 9.96. The highest BCUT2D eigenvalue weighted by Crippen LogP contribution is 2.31. The number of hydrogen-bond donors (Lipinski definition) is 0. The predicted octanol–water partition coefficient (Wildman–Crippen LogP) is 5.97. The lowest BCUT2D eigenvalue weighted by Crippen LogP contribution is -2.23. The first-order chi connectivity index (χ1) is 15.1. The second kappa shape index (κ2) is 9.67. The molecule has 0 atom stereocenters. The van der Waals surface area contributed by atoms with Crippen LogP contribution in [0.1, 0.15) is 95.3 Å². The largest absolute Gasteiger partial charge is 0.347 e. The van der Waals surface area contributed by atoms with E-state index in [4.69, 9.17) is 10.1 Å². The summed E-state index contributed by atoms with van der Waals surface area (Å²) in [6.45, 7) is 6.60. The van der Waals surface area contributed by atoms with Gasteiger partial charge in [-0.1, -0.05) is 46.1 Å². The van der Waals surface area contributed by atoms with Crippen molar-refractivity contribution >= 4 is 11.4 Å². The van der Waals surface area contributed by atoms with Gasteiger partial charge < -0.3 is 4.90 Å². The minimum absolute atomic E-state index is 0.429. The fourth-order valence-electron chi connectivity index (χ4n) is 4.75. The molecule has 1 aliphatic carbocycles. The maximum atomic E-state index is 5.12. The number of likely N-dealkylation sites (N-methyl/N-ethyl adjacent to an activating group) is 1. The van der Waals surface area contributed by atoms with Crippen LogP contribution in [-0.4, -0.2) is 37.2 Å². The fourth-order valence-corrected chi connectivity index (χ4v) is 4.75. The molecule has 0 spiro atoms. The van der Waals surface area contributed by atoms with E-state index in [-0.39, 0.29) is 0 Å². The Hall–Kier alpha value is -2.63. The Kier molecular flexibility index (Phi) is 6.73. The molecule has 0 saturated heterocycles. The fraction of sp³-hybridized carbons (Fsp3) is 0.560. The molecule has 2 aromatic heterocycles. The third kappa shape index (κ3) is 4.53. The average Bonchev–Trinajstić information content (AvgIpc) is 3.47. The molecule has 3 heterocycles. The minimum Gasteiger partial charge on any atom is -0.347 e. The van der Waals surface area contributed by atoms with E-state index in [9.17, 15) is 0 Å². The molecule has 0 radical (unpaired) electrons. The van der Waals surface area contributed by atoms with Crippen molar-refractivity contribution in [1.82, 2.24) is 24.5 Å². The first kappa shape index (κ1) is 21.6. The van der Waals surface area contributed by atoms with Crippen LogP contribution >= 0.6 is 0 Å². The van der Waals surface area contributed by atoms with Gasteiger partial charge in [0.1, 0.15) is 0 Å². The smallest absolute Gasteiger partial charge is 0.0974 e. The van der Waals surface area contributed by atoms with Gasteiger partial charge in [0.05, 0.1) is 41.6 Å². The highest BCUT2D eigenvalue weighted by atomic mass is 15.3. The summed E-state index contributed by atoms with van der Waals surface area (Å²) in [7, 11) is 2.10. The maximum absolute atomic E-state index is 5.12. The molecule has 0 amide bonds. The molecule has 2 aliphatic rings. The van der Waals surface area contributed by atoms with Crippen molar-refractivity contribution < 1.29 is 0 Å². The quantitative estimate of drug-likeness (QED) is 0.554. The third-order valence-corrected chi connectivity index (χ3v) is 6.61. The van der Waals surface area contributed by atoms with Crippen LogP contribution in [-0.2, 0) is 0 Å². The first-order valence-corrected chi connectivity index (χ1v) is 12.0. The predicted molar refractivity (Wildman–Crippen MR) is 127 cm³/mol. The number of allylic oxidation sites excluding steroid dienone is 2. The van der Waals surface area contributed by atoms with Crippen molar-refractivity contribution in [2.24, 2.45) is 4.99 Å². The second-order valence-corrected chi connectivity index (χ2v) is 8.76. The molecular formula is C25H36N6. The average molecular weight is 421 g/mol. The zero-order valence-electron chi connectivity index (χ0n) is 19.5. The Morgan fingerprint density at radius 3 is 2.45 bits per heavy atom. The van der Waals surface area contributed by atoms with E-state index < -0.39 is 0 Å². The van der Waals surface area contributed by atoms with E-state index in [1.165, 1.54) is 32.1 Å². The lowest BCUT2D eigenvalue weighted by Gasteiger charge is -2.25. The summed E-state index contributed by atoms with van der Waals surface area (Å²) in [5.74, 6) is 0. The Bertz CT molecular complexity index is 966. The van der Waals surface area contributed by atoms with Crippen LogP contribution in [0.3, 0.4) is 0 Å². The molecule has 31 heavy (non-hydrogen) atoms. The molecule has 166 valence electrons. The van der Waals surface area contributed by atoms with E-state index >= 15 is 0 Å². The van der Waals surface area contributed by atoms with Crippen molar-refractivity contribution in [3.63, 3.8) is 0 Å². The van der Waals surface area contributed by atoms with Crippen molar-refractivity contribution in [1.29, 1.82) is 0 Å². The first-order valence-electron chi connectivity index (χ1n) is 12.0. The highest BCUT2D eigenvalue weighted by molar-refractivity contribution is 6.15.